The van der Waals surface area contributed by atoms with Crippen molar-refractivity contribution in [1.82, 2.24) is 4.98 Å². The fraction of sp³-hybridized carbons (Fsp3) is 1.00. The fourth-order valence-electron chi connectivity index (χ4n) is 0.223. The van der Waals surface area contributed by atoms with Crippen molar-refractivity contribution in [3.8, 4) is 0 Å². The summed E-state index contributed by atoms with van der Waals surface area (Å²) >= 11 is 5.09. The molecule has 1 N–H and O–H groups in total. The van der Waals surface area contributed by atoms with Crippen LogP contribution in [-0.2, 0) is 4.46 Å². The summed E-state index contributed by atoms with van der Waals surface area (Å²) < 4.78 is 10.0. The molecule has 0 aromatic heterocycles. The van der Waals surface area contributed by atoms with E-state index in [2.05, 4.69) is 4.98 Å². The molecular weight excluding hydrogens is 130 g/mol. The lowest BCUT2D eigenvalue weighted by Gasteiger charge is -1.90. The van der Waals surface area contributed by atoms with Gasteiger partial charge in [0, 0.05) is 6.54 Å². The van der Waals surface area contributed by atoms with Gasteiger partial charge in [-0.05, 0) is 6.42 Å². The number of hydrogen-bond acceptors (Lipinski definition) is 1. The summed E-state index contributed by atoms with van der Waals surface area (Å²) in [6.07, 6.45) is 0.975. The Hall–Kier alpha value is 0.107. The molecule has 0 unspecified atom stereocenters. The summed E-state index contributed by atoms with van der Waals surface area (Å²) in [5.74, 6) is 0. The highest BCUT2D eigenvalue weighted by molar-refractivity contribution is 6.96. The second kappa shape index (κ2) is 4.27. The minimum absolute atomic E-state index is 0.751. The summed E-state index contributed by atoms with van der Waals surface area (Å²) in [6.45, 7) is 2.75. The molecule has 2 nitrogen and oxygen atoms in total. The quantitative estimate of drug-likeness (QED) is 0.457. The molecule has 0 bridgehead atoms. The Labute approximate surface area is 49.3 Å². The smallest absolute Gasteiger partial charge is 0.379 e. The first-order chi connectivity index (χ1) is 3.27. The van der Waals surface area contributed by atoms with E-state index in [4.69, 9.17) is 11.1 Å². The summed E-state index contributed by atoms with van der Waals surface area (Å²) in [5.41, 5.74) is 0. The Morgan fingerprint density at radius 3 is 2.57 bits per heavy atom. The Kier molecular flexibility index (Phi) is 4.34. The van der Waals surface area contributed by atoms with Crippen molar-refractivity contribution in [2.45, 2.75) is 13.3 Å². The van der Waals surface area contributed by atoms with Crippen LogP contribution in [0, 0.1) is 0 Å². The molecule has 0 radical (unpaired) electrons. The first kappa shape index (κ1) is 7.11. The second-order valence-corrected chi connectivity index (χ2v) is 3.13. The number of rotatable bonds is 3. The highest BCUT2D eigenvalue weighted by Crippen LogP contribution is 1.71. The van der Waals surface area contributed by atoms with Gasteiger partial charge >= 0.3 is 8.15 Å². The highest BCUT2D eigenvalue weighted by atomic mass is 35.6. The summed E-state index contributed by atoms with van der Waals surface area (Å²) in [7, 11) is -1.93. The van der Waals surface area contributed by atoms with Crippen LogP contribution in [-0.4, -0.2) is 14.7 Å². The van der Waals surface area contributed by atoms with Crippen molar-refractivity contribution in [1.29, 1.82) is 0 Å². The fourth-order valence-corrected chi connectivity index (χ4v) is 0.953. The second-order valence-electron chi connectivity index (χ2n) is 1.20. The Bertz CT molecular complexity index is 68.0. The lowest BCUT2D eigenvalue weighted by Crippen LogP contribution is -2.20. The van der Waals surface area contributed by atoms with Gasteiger partial charge in [0.05, 0.1) is 0 Å². The molecule has 0 amide bonds. The molecule has 42 valence electrons. The van der Waals surface area contributed by atoms with Crippen LogP contribution < -0.4 is 4.98 Å². The van der Waals surface area contributed by atoms with Crippen molar-refractivity contribution >= 4 is 19.2 Å². The van der Waals surface area contributed by atoms with Gasteiger partial charge in [-0.2, -0.15) is 0 Å². The molecule has 0 fully saturated rings. The van der Waals surface area contributed by atoms with Crippen LogP contribution in [0.25, 0.3) is 0 Å². The van der Waals surface area contributed by atoms with E-state index in [1.54, 1.807) is 0 Å². The molecule has 0 saturated heterocycles. The molecule has 0 saturated carbocycles. The molecule has 4 heteroatoms. The average molecular weight is 138 g/mol. The first-order valence-electron chi connectivity index (χ1n) is 2.20. The van der Waals surface area contributed by atoms with Crippen molar-refractivity contribution in [3.05, 3.63) is 0 Å². The van der Waals surface area contributed by atoms with Crippen molar-refractivity contribution in [3.63, 3.8) is 0 Å². The van der Waals surface area contributed by atoms with E-state index in [-0.39, 0.29) is 0 Å². The molecule has 0 atom stereocenters. The third kappa shape index (κ3) is 6.11. The van der Waals surface area contributed by atoms with Crippen molar-refractivity contribution < 1.29 is 4.46 Å². The Balaban J connectivity index is 2.82. The predicted molar refractivity (Wildman–Crippen MR) is 30.6 cm³/mol. The van der Waals surface area contributed by atoms with Gasteiger partial charge in [0.15, 0.2) is 0 Å². The molecule has 0 rings (SSSR count). The van der Waals surface area contributed by atoms with E-state index >= 15 is 0 Å². The molecule has 0 spiro atoms. The minimum Gasteiger partial charge on any atom is -0.379 e. The van der Waals surface area contributed by atoms with Gasteiger partial charge in [0.25, 0.3) is 0 Å². The average Bonchev–Trinajstić information content (AvgIpc) is 1.61. The molecule has 0 aromatic rings. The highest BCUT2D eigenvalue weighted by Gasteiger charge is 1.92. The van der Waals surface area contributed by atoms with E-state index in [9.17, 15) is 4.46 Å². The maximum Gasteiger partial charge on any atom is 0.504 e. The van der Waals surface area contributed by atoms with Crippen LogP contribution in [0.5, 0.6) is 0 Å². The lowest BCUT2D eigenvalue weighted by molar-refractivity contribution is 0.560. The number of nitrogens with one attached hydrogen (secondary N) is 1. The summed E-state index contributed by atoms with van der Waals surface area (Å²) in [5, 5.41) is 0. The molecule has 0 aliphatic carbocycles. The third-order valence-corrected chi connectivity index (χ3v) is 1.44. The van der Waals surface area contributed by atoms with Gasteiger partial charge in [-0.25, -0.2) is 0 Å². The van der Waals surface area contributed by atoms with Gasteiger partial charge in [-0.15, -0.1) is 0 Å². The molecular formula is C3H8ClNOSi. The van der Waals surface area contributed by atoms with E-state index < -0.39 is 8.15 Å². The van der Waals surface area contributed by atoms with E-state index in [1.165, 1.54) is 0 Å². The van der Waals surface area contributed by atoms with Gasteiger partial charge in [0.2, 0.25) is 0 Å². The van der Waals surface area contributed by atoms with Crippen LogP contribution in [0.15, 0.2) is 0 Å². The third-order valence-electron chi connectivity index (χ3n) is 0.514. The van der Waals surface area contributed by atoms with Crippen LogP contribution in [0.1, 0.15) is 13.3 Å². The van der Waals surface area contributed by atoms with Gasteiger partial charge in [-0.3, -0.25) is 0 Å². The lowest BCUT2D eigenvalue weighted by atomic mass is 10.5. The zero-order valence-electron chi connectivity index (χ0n) is 4.20. The topological polar surface area (TPSA) is 29.1 Å². The number of halogens is 1. The zero-order chi connectivity index (χ0) is 5.70. The van der Waals surface area contributed by atoms with Gasteiger partial charge in [0.1, 0.15) is 0 Å². The SMILES string of the molecule is CCCN[Si](=O)Cl. The Morgan fingerprint density at radius 1 is 1.86 bits per heavy atom. The maximum atomic E-state index is 10.0. The van der Waals surface area contributed by atoms with Crippen LogP contribution in [0.3, 0.4) is 0 Å². The Morgan fingerprint density at radius 2 is 2.43 bits per heavy atom. The summed E-state index contributed by atoms with van der Waals surface area (Å²) in [4.78, 5) is 2.61. The predicted octanol–water partition coefficient (Wildman–Crippen LogP) is 0.640. The zero-order valence-corrected chi connectivity index (χ0v) is 5.96. The standard InChI is InChI=1S/C3H8ClNOSi/c1-2-3-5-7(4)6/h5H,2-3H2,1H3. The van der Waals surface area contributed by atoms with Gasteiger partial charge in [-0.1, -0.05) is 18.0 Å². The van der Waals surface area contributed by atoms with E-state index in [0.29, 0.717) is 0 Å². The van der Waals surface area contributed by atoms with Crippen molar-refractivity contribution in [2.75, 3.05) is 6.54 Å². The summed E-state index contributed by atoms with van der Waals surface area (Å²) in [6, 6.07) is 0. The van der Waals surface area contributed by atoms with Crippen LogP contribution in [0.2, 0.25) is 0 Å². The molecule has 7 heavy (non-hydrogen) atoms. The monoisotopic (exact) mass is 137 g/mol. The largest absolute Gasteiger partial charge is 0.504 e. The van der Waals surface area contributed by atoms with Crippen molar-refractivity contribution in [2.24, 2.45) is 0 Å². The molecule has 0 heterocycles. The maximum absolute atomic E-state index is 10.0. The first-order valence-corrected chi connectivity index (χ1v) is 4.62. The van der Waals surface area contributed by atoms with Crippen LogP contribution in [0.4, 0.5) is 0 Å². The van der Waals surface area contributed by atoms with Gasteiger partial charge < -0.3 is 9.44 Å². The van der Waals surface area contributed by atoms with Crippen LogP contribution >= 0.6 is 11.1 Å². The molecule has 0 aromatic carbocycles. The molecule has 0 aliphatic rings. The normalized spacial score (nSPS) is 8.29. The van der Waals surface area contributed by atoms with E-state index in [0.717, 1.165) is 13.0 Å². The number of hydrogen-bond donors (Lipinski definition) is 1. The molecule has 0 aliphatic heterocycles. The minimum atomic E-state index is -1.93. The van der Waals surface area contributed by atoms with E-state index in [1.807, 2.05) is 6.92 Å².